The maximum Gasteiger partial charge on any atom is 0.356 e. The van der Waals surface area contributed by atoms with Gasteiger partial charge in [-0.25, -0.2) is 9.59 Å². The van der Waals surface area contributed by atoms with Crippen LogP contribution in [-0.2, 0) is 19.1 Å². The molecule has 0 radical (unpaired) electrons. The zero-order valence-electron chi connectivity index (χ0n) is 7.80. The number of cyclic esters (lactones) is 2. The average Bonchev–Trinajstić information content (AvgIpc) is 2.24. The van der Waals surface area contributed by atoms with Gasteiger partial charge in [0.1, 0.15) is 5.57 Å². The summed E-state index contributed by atoms with van der Waals surface area (Å²) in [6.07, 6.45) is -1.17. The largest absolute Gasteiger partial charge is 0.462 e. The smallest absolute Gasteiger partial charge is 0.356 e. The highest BCUT2D eigenvalue weighted by Gasteiger charge is 2.30. The van der Waals surface area contributed by atoms with E-state index in [0.717, 1.165) is 0 Å². The van der Waals surface area contributed by atoms with Crippen LogP contribution in [0.15, 0.2) is 12.2 Å². The number of hydrogen-bond donors (Lipinski definition) is 0. The summed E-state index contributed by atoms with van der Waals surface area (Å²) in [6.45, 7) is 3.15. The summed E-state index contributed by atoms with van der Waals surface area (Å²) in [5.41, 5.74) is -0.524. The van der Waals surface area contributed by atoms with E-state index in [4.69, 9.17) is 0 Å². The molecule has 1 saturated heterocycles. The van der Waals surface area contributed by atoms with Crippen molar-refractivity contribution in [2.75, 3.05) is 6.61 Å². The number of carbonyl (C=O) groups excluding carboxylic acids is 2. The zero-order valence-corrected chi connectivity index (χ0v) is 7.80. The number of carbonyl (C=O) groups is 2. The van der Waals surface area contributed by atoms with Crippen LogP contribution < -0.4 is 0 Å². The minimum absolute atomic E-state index is 0.0127. The van der Waals surface area contributed by atoms with Gasteiger partial charge in [-0.15, -0.1) is 0 Å². The highest BCUT2D eigenvalue weighted by Crippen LogP contribution is 2.11. The van der Waals surface area contributed by atoms with Crippen molar-refractivity contribution in [2.45, 2.75) is 19.1 Å². The van der Waals surface area contributed by atoms with Gasteiger partial charge in [-0.2, -0.15) is 0 Å². The normalized spacial score (nSPS) is 23.2. The molecule has 1 rings (SSSR count). The molecule has 0 spiro atoms. The van der Waals surface area contributed by atoms with E-state index < -0.39 is 28.7 Å². The Balaban J connectivity index is 2.78. The van der Waals surface area contributed by atoms with E-state index in [1.165, 1.54) is 0 Å². The highest BCUT2D eigenvalue weighted by molar-refractivity contribution is 6.13. The molecule has 0 aliphatic carbocycles. The molecule has 1 atom stereocenters. The topological polar surface area (TPSA) is 95.7 Å². The van der Waals surface area contributed by atoms with Crippen LogP contribution in [0.4, 0.5) is 0 Å². The molecule has 1 heterocycles. The van der Waals surface area contributed by atoms with Gasteiger partial charge in [-0.1, -0.05) is 6.58 Å². The summed E-state index contributed by atoms with van der Waals surface area (Å²) < 4.78 is 9.09. The first-order valence-electron chi connectivity index (χ1n) is 4.23. The molecule has 0 aromatic heterocycles. The lowest BCUT2D eigenvalue weighted by Crippen LogP contribution is -2.27. The Morgan fingerprint density at radius 3 is 2.67 bits per heavy atom. The number of rotatable bonds is 1. The minimum atomic E-state index is -1.44. The Morgan fingerprint density at radius 2 is 2.07 bits per heavy atom. The molecule has 7 nitrogen and oxygen atoms in total. The summed E-state index contributed by atoms with van der Waals surface area (Å²) in [5.74, 6) is -2.01. The fraction of sp³-hybridized carbons (Fsp3) is 0.500. The van der Waals surface area contributed by atoms with Gasteiger partial charge in [0.15, 0.2) is 0 Å². The fourth-order valence-electron chi connectivity index (χ4n) is 0.995. The molecular weight excluding hydrogens is 206 g/mol. The Kier molecular flexibility index (Phi) is 3.37. The Morgan fingerprint density at radius 1 is 1.40 bits per heavy atom. The lowest BCUT2D eigenvalue weighted by Gasteiger charge is -2.07. The summed E-state index contributed by atoms with van der Waals surface area (Å²) >= 11 is 0. The average molecular weight is 215 g/mol. The molecule has 0 saturated carbocycles. The molecule has 0 N–H and O–H groups in total. The fourth-order valence-corrected chi connectivity index (χ4v) is 0.995. The van der Waals surface area contributed by atoms with Crippen LogP contribution in [0.5, 0.6) is 0 Å². The third kappa shape index (κ3) is 2.76. The number of ether oxygens (including phenoxy) is 2. The van der Waals surface area contributed by atoms with Crippen LogP contribution in [0.1, 0.15) is 12.8 Å². The Bertz CT molecular complexity index is 323. The first kappa shape index (κ1) is 11.2. The summed E-state index contributed by atoms with van der Waals surface area (Å²) in [4.78, 5) is 31.8. The molecule has 1 fully saturated rings. The molecule has 1 aliphatic heterocycles. The third-order valence-corrected chi connectivity index (χ3v) is 1.80. The van der Waals surface area contributed by atoms with Gasteiger partial charge in [0, 0.05) is 0 Å². The predicted octanol–water partition coefficient (Wildman–Crippen LogP) is 0.0256. The van der Waals surface area contributed by atoms with E-state index in [-0.39, 0.29) is 19.4 Å². The lowest BCUT2D eigenvalue weighted by atomic mass is 10.3. The Hall–Kier alpha value is -1.92. The van der Waals surface area contributed by atoms with Crippen LogP contribution in [0.25, 0.3) is 0 Å². The van der Waals surface area contributed by atoms with Gasteiger partial charge in [-0.05, 0) is 6.42 Å². The number of hydrogen-bond acceptors (Lipinski definition) is 6. The van der Waals surface area contributed by atoms with Gasteiger partial charge in [0.2, 0.25) is 0 Å². The summed E-state index contributed by atoms with van der Waals surface area (Å²) in [7, 11) is 0. The van der Waals surface area contributed by atoms with E-state index in [2.05, 4.69) is 16.1 Å². The van der Waals surface area contributed by atoms with Crippen molar-refractivity contribution in [3.05, 3.63) is 22.3 Å². The molecule has 15 heavy (non-hydrogen) atoms. The van der Waals surface area contributed by atoms with E-state index in [0.29, 0.717) is 0 Å². The van der Waals surface area contributed by atoms with Crippen molar-refractivity contribution in [3.8, 4) is 0 Å². The maximum atomic E-state index is 11.1. The number of nitrogens with zero attached hydrogens (tertiary/aromatic N) is 1. The van der Waals surface area contributed by atoms with Crippen molar-refractivity contribution in [1.82, 2.24) is 0 Å². The minimum Gasteiger partial charge on any atom is -0.462 e. The summed E-state index contributed by atoms with van der Waals surface area (Å²) in [6, 6.07) is 0. The quantitative estimate of drug-likeness (QED) is 0.201. The van der Waals surface area contributed by atoms with Crippen LogP contribution in [-0.4, -0.2) is 29.7 Å². The van der Waals surface area contributed by atoms with E-state index in [1.54, 1.807) is 0 Å². The van der Waals surface area contributed by atoms with Crippen LogP contribution >= 0.6 is 0 Å². The van der Waals surface area contributed by atoms with Gasteiger partial charge in [-0.3, -0.25) is 10.1 Å². The standard InChI is InChI=1S/C8H9NO6/c1-5-7(10)14-4-2-3-6(9(12)13)15-8(5)11/h6H,1-4H2. The molecule has 0 amide bonds. The predicted molar refractivity (Wildman–Crippen MR) is 46.2 cm³/mol. The van der Waals surface area contributed by atoms with E-state index in [1.807, 2.05) is 0 Å². The van der Waals surface area contributed by atoms with Gasteiger partial charge in [0.25, 0.3) is 0 Å². The zero-order chi connectivity index (χ0) is 11.4. The maximum absolute atomic E-state index is 11.1. The van der Waals surface area contributed by atoms with Crippen molar-refractivity contribution >= 4 is 11.9 Å². The molecule has 0 aromatic rings. The van der Waals surface area contributed by atoms with Crippen molar-refractivity contribution in [2.24, 2.45) is 0 Å². The molecular formula is C8H9NO6. The van der Waals surface area contributed by atoms with Crippen molar-refractivity contribution in [1.29, 1.82) is 0 Å². The molecule has 1 unspecified atom stereocenters. The first-order chi connectivity index (χ1) is 7.02. The lowest BCUT2D eigenvalue weighted by molar-refractivity contribution is -0.568. The highest BCUT2D eigenvalue weighted by atomic mass is 16.7. The molecule has 82 valence electrons. The first-order valence-corrected chi connectivity index (χ1v) is 4.23. The van der Waals surface area contributed by atoms with Crippen molar-refractivity contribution in [3.63, 3.8) is 0 Å². The molecule has 1 aliphatic rings. The Labute approximate surface area is 84.8 Å². The van der Waals surface area contributed by atoms with E-state index >= 15 is 0 Å². The van der Waals surface area contributed by atoms with E-state index in [9.17, 15) is 19.7 Å². The van der Waals surface area contributed by atoms with Crippen LogP contribution in [0.2, 0.25) is 0 Å². The number of esters is 2. The SMILES string of the molecule is C=C1C(=O)OCCCC([N+](=O)[O-])OC1=O. The van der Waals surface area contributed by atoms with Gasteiger partial charge in [0.05, 0.1) is 18.0 Å². The molecule has 7 heteroatoms. The van der Waals surface area contributed by atoms with Gasteiger partial charge < -0.3 is 9.47 Å². The monoisotopic (exact) mass is 215 g/mol. The summed E-state index contributed by atoms with van der Waals surface area (Å²) in [5, 5.41) is 10.4. The van der Waals surface area contributed by atoms with Gasteiger partial charge >= 0.3 is 18.2 Å². The molecule has 0 aromatic carbocycles. The van der Waals surface area contributed by atoms with Crippen LogP contribution in [0, 0.1) is 10.1 Å². The second kappa shape index (κ2) is 4.54. The second-order valence-corrected chi connectivity index (χ2v) is 2.90. The van der Waals surface area contributed by atoms with Crippen LogP contribution in [0.3, 0.4) is 0 Å². The third-order valence-electron chi connectivity index (χ3n) is 1.80. The molecule has 0 bridgehead atoms. The second-order valence-electron chi connectivity index (χ2n) is 2.90. The number of nitro groups is 1. The van der Waals surface area contributed by atoms with Crippen molar-refractivity contribution < 1.29 is 24.0 Å².